The Labute approximate surface area is 133 Å². The fraction of sp³-hybridized carbons (Fsp3) is 0.312. The van der Waals surface area contributed by atoms with E-state index >= 15 is 0 Å². The molecule has 2 rings (SSSR count). The third-order valence-electron chi connectivity index (χ3n) is 2.85. The van der Waals surface area contributed by atoms with Gasteiger partial charge in [0.15, 0.2) is 0 Å². The molecule has 0 radical (unpaired) electrons. The first-order valence-electron chi connectivity index (χ1n) is 6.93. The van der Waals surface area contributed by atoms with Crippen LogP contribution in [0.3, 0.4) is 0 Å². The van der Waals surface area contributed by atoms with Crippen LogP contribution in [0.2, 0.25) is 0 Å². The molecule has 0 unspecified atom stereocenters. The van der Waals surface area contributed by atoms with E-state index in [4.69, 9.17) is 9.47 Å². The molecule has 0 amide bonds. The number of nitrogens with zero attached hydrogens (tertiary/aromatic N) is 1. The van der Waals surface area contributed by atoms with Crippen LogP contribution in [0.4, 0.5) is 11.5 Å². The van der Waals surface area contributed by atoms with Gasteiger partial charge in [-0.2, -0.15) is 0 Å². The molecule has 1 heterocycles. The predicted molar refractivity (Wildman–Crippen MR) is 88.7 cm³/mol. The predicted octanol–water partition coefficient (Wildman–Crippen LogP) is 4.69. The van der Waals surface area contributed by atoms with Crippen molar-refractivity contribution in [2.45, 2.75) is 20.8 Å². The molecule has 0 aliphatic heterocycles. The van der Waals surface area contributed by atoms with Gasteiger partial charge in [-0.1, -0.05) is 0 Å². The minimum Gasteiger partial charge on any atom is -0.494 e. The van der Waals surface area contributed by atoms with Crippen molar-refractivity contribution in [3.63, 3.8) is 0 Å². The Morgan fingerprint density at radius 3 is 2.52 bits per heavy atom. The summed E-state index contributed by atoms with van der Waals surface area (Å²) in [5, 5.41) is 3.29. The van der Waals surface area contributed by atoms with E-state index in [1.54, 1.807) is 0 Å². The van der Waals surface area contributed by atoms with Gasteiger partial charge < -0.3 is 14.8 Å². The van der Waals surface area contributed by atoms with Crippen molar-refractivity contribution in [2.75, 3.05) is 18.5 Å². The third-order valence-corrected chi connectivity index (χ3v) is 3.68. The monoisotopic (exact) mass is 350 g/mol. The highest BCUT2D eigenvalue weighted by molar-refractivity contribution is 9.10. The zero-order valence-electron chi connectivity index (χ0n) is 12.4. The number of ether oxygens (including phenoxy) is 2. The quantitative estimate of drug-likeness (QED) is 0.820. The Morgan fingerprint density at radius 2 is 1.86 bits per heavy atom. The highest BCUT2D eigenvalue weighted by atomic mass is 79.9. The number of aryl methyl sites for hydroxylation is 1. The van der Waals surface area contributed by atoms with Crippen molar-refractivity contribution < 1.29 is 9.47 Å². The van der Waals surface area contributed by atoms with Crippen LogP contribution in [0.5, 0.6) is 11.5 Å². The lowest BCUT2D eigenvalue weighted by molar-refractivity contribution is 0.332. The molecule has 0 fully saturated rings. The minimum absolute atomic E-state index is 0.607. The smallest absolute Gasteiger partial charge is 0.143 e. The second kappa shape index (κ2) is 7.31. The number of rotatable bonds is 6. The van der Waals surface area contributed by atoms with Gasteiger partial charge in [-0.25, -0.2) is 4.98 Å². The van der Waals surface area contributed by atoms with Crippen LogP contribution in [0, 0.1) is 6.92 Å². The van der Waals surface area contributed by atoms with Crippen LogP contribution >= 0.6 is 15.9 Å². The molecule has 0 saturated heterocycles. The summed E-state index contributed by atoms with van der Waals surface area (Å²) >= 11 is 3.45. The number of nitrogens with one attached hydrogen (secondary N) is 1. The molecule has 0 bridgehead atoms. The van der Waals surface area contributed by atoms with E-state index in [9.17, 15) is 0 Å². The lowest BCUT2D eigenvalue weighted by Gasteiger charge is -2.14. The average molecular weight is 351 g/mol. The topological polar surface area (TPSA) is 43.4 Å². The van der Waals surface area contributed by atoms with Crippen LogP contribution in [0.25, 0.3) is 0 Å². The molecule has 0 aliphatic carbocycles. The van der Waals surface area contributed by atoms with E-state index in [1.165, 1.54) is 0 Å². The molecular weight excluding hydrogens is 332 g/mol. The van der Waals surface area contributed by atoms with Gasteiger partial charge in [-0.15, -0.1) is 0 Å². The van der Waals surface area contributed by atoms with Gasteiger partial charge in [0.05, 0.1) is 24.6 Å². The van der Waals surface area contributed by atoms with Crippen LogP contribution in [0.15, 0.2) is 34.8 Å². The summed E-state index contributed by atoms with van der Waals surface area (Å²) in [6.45, 7) is 7.11. The molecule has 0 aliphatic rings. The summed E-state index contributed by atoms with van der Waals surface area (Å²) in [4.78, 5) is 4.49. The van der Waals surface area contributed by atoms with Crippen LogP contribution < -0.4 is 14.8 Å². The van der Waals surface area contributed by atoms with Crippen molar-refractivity contribution in [3.8, 4) is 11.5 Å². The number of pyridine rings is 1. The fourth-order valence-electron chi connectivity index (χ4n) is 1.90. The number of hydrogen-bond acceptors (Lipinski definition) is 4. The first kappa shape index (κ1) is 15.6. The van der Waals surface area contributed by atoms with Crippen molar-refractivity contribution in [1.82, 2.24) is 4.98 Å². The zero-order valence-corrected chi connectivity index (χ0v) is 14.0. The summed E-state index contributed by atoms with van der Waals surface area (Å²) in [7, 11) is 0. The summed E-state index contributed by atoms with van der Waals surface area (Å²) in [6, 6.07) is 9.62. The van der Waals surface area contributed by atoms with Crippen LogP contribution in [-0.4, -0.2) is 18.2 Å². The van der Waals surface area contributed by atoms with E-state index < -0.39 is 0 Å². The molecule has 2 aromatic rings. The van der Waals surface area contributed by atoms with E-state index in [1.807, 2.05) is 51.1 Å². The second-order valence-corrected chi connectivity index (χ2v) is 5.27. The molecule has 4 nitrogen and oxygen atoms in total. The second-order valence-electron chi connectivity index (χ2n) is 4.41. The first-order chi connectivity index (χ1) is 10.1. The maximum absolute atomic E-state index is 5.64. The Morgan fingerprint density at radius 1 is 1.10 bits per heavy atom. The molecule has 0 spiro atoms. The van der Waals surface area contributed by atoms with Gasteiger partial charge in [0.1, 0.15) is 17.3 Å². The van der Waals surface area contributed by atoms with E-state index in [0.717, 1.165) is 33.2 Å². The van der Waals surface area contributed by atoms with Crippen molar-refractivity contribution in [1.29, 1.82) is 0 Å². The molecule has 1 aromatic heterocycles. The number of benzene rings is 1. The van der Waals surface area contributed by atoms with Gasteiger partial charge >= 0.3 is 0 Å². The standard InChI is InChI=1S/C16H19BrN2O2/c1-4-20-12-6-8-15(21-5-2)14(10-12)19-16-9-7-13(17)11(3)18-16/h6-10H,4-5H2,1-3H3,(H,18,19). The fourth-order valence-corrected chi connectivity index (χ4v) is 2.12. The third kappa shape index (κ3) is 4.11. The molecule has 1 aromatic carbocycles. The van der Waals surface area contributed by atoms with Crippen molar-refractivity contribution >= 4 is 27.4 Å². The lowest BCUT2D eigenvalue weighted by atomic mass is 10.2. The summed E-state index contributed by atoms with van der Waals surface area (Å²) in [5.41, 5.74) is 1.77. The SMILES string of the molecule is CCOc1ccc(OCC)c(Nc2ccc(Br)c(C)n2)c1. The largest absolute Gasteiger partial charge is 0.494 e. The first-order valence-corrected chi connectivity index (χ1v) is 7.73. The Balaban J connectivity index is 2.30. The van der Waals surface area contributed by atoms with E-state index in [0.29, 0.717) is 13.2 Å². The van der Waals surface area contributed by atoms with Crippen LogP contribution in [-0.2, 0) is 0 Å². The molecule has 112 valence electrons. The molecular formula is C16H19BrN2O2. The highest BCUT2D eigenvalue weighted by Gasteiger charge is 2.08. The number of aromatic nitrogens is 1. The van der Waals surface area contributed by atoms with Crippen molar-refractivity contribution in [3.05, 3.63) is 40.5 Å². The van der Waals surface area contributed by atoms with Gasteiger partial charge in [-0.05, 0) is 61.0 Å². The molecule has 5 heteroatoms. The van der Waals surface area contributed by atoms with Crippen molar-refractivity contribution in [2.24, 2.45) is 0 Å². The van der Waals surface area contributed by atoms with Gasteiger partial charge in [-0.3, -0.25) is 0 Å². The Bertz CT molecular complexity index is 617. The maximum Gasteiger partial charge on any atom is 0.143 e. The molecule has 1 N–H and O–H groups in total. The summed E-state index contributed by atoms with van der Waals surface area (Å²) in [5.74, 6) is 2.35. The summed E-state index contributed by atoms with van der Waals surface area (Å²) in [6.07, 6.45) is 0. The maximum atomic E-state index is 5.64. The number of hydrogen-bond donors (Lipinski definition) is 1. The minimum atomic E-state index is 0.607. The summed E-state index contributed by atoms with van der Waals surface area (Å²) < 4.78 is 12.2. The average Bonchev–Trinajstić information content (AvgIpc) is 2.46. The highest BCUT2D eigenvalue weighted by Crippen LogP contribution is 2.32. The zero-order chi connectivity index (χ0) is 15.2. The normalized spacial score (nSPS) is 10.3. The lowest BCUT2D eigenvalue weighted by Crippen LogP contribution is -2.01. The molecule has 21 heavy (non-hydrogen) atoms. The molecule has 0 atom stereocenters. The van der Waals surface area contributed by atoms with Gasteiger partial charge in [0.2, 0.25) is 0 Å². The Hall–Kier alpha value is -1.75. The van der Waals surface area contributed by atoms with Gasteiger partial charge in [0.25, 0.3) is 0 Å². The van der Waals surface area contributed by atoms with E-state index in [-0.39, 0.29) is 0 Å². The Kier molecular flexibility index (Phi) is 5.44. The number of anilines is 2. The van der Waals surface area contributed by atoms with Crippen LogP contribution in [0.1, 0.15) is 19.5 Å². The van der Waals surface area contributed by atoms with E-state index in [2.05, 4.69) is 26.2 Å². The molecule has 0 saturated carbocycles. The van der Waals surface area contributed by atoms with Gasteiger partial charge in [0, 0.05) is 10.5 Å². The number of halogens is 1.